The number of sulfonamides is 1. The second kappa shape index (κ2) is 7.59. The van der Waals surface area contributed by atoms with Gasteiger partial charge in [0.15, 0.2) is 5.11 Å². The van der Waals surface area contributed by atoms with Crippen LogP contribution >= 0.6 is 12.2 Å². The van der Waals surface area contributed by atoms with Gasteiger partial charge in [-0.1, -0.05) is 20.8 Å². The number of anilines is 1. The van der Waals surface area contributed by atoms with Crippen molar-refractivity contribution in [2.45, 2.75) is 32.1 Å². The molecule has 2 N–H and O–H groups in total. The first kappa shape index (κ1) is 18.2. The molecule has 2 atom stereocenters. The molecular formula is C16H25N3O2S2. The van der Waals surface area contributed by atoms with Crippen LogP contribution in [0.4, 0.5) is 5.69 Å². The Kier molecular flexibility index (Phi) is 6.00. The lowest BCUT2D eigenvalue weighted by atomic mass is 9.92. The van der Waals surface area contributed by atoms with E-state index < -0.39 is 10.0 Å². The predicted octanol–water partition coefficient (Wildman–Crippen LogP) is 2.66. The average molecular weight is 356 g/mol. The minimum atomic E-state index is -3.41. The summed E-state index contributed by atoms with van der Waals surface area (Å²) in [5, 5.41) is 3.91. The van der Waals surface area contributed by atoms with E-state index in [1.165, 1.54) is 6.42 Å². The van der Waals surface area contributed by atoms with Crippen LogP contribution in [0.1, 0.15) is 27.2 Å². The highest BCUT2D eigenvalue weighted by Gasteiger charge is 2.23. The van der Waals surface area contributed by atoms with E-state index in [2.05, 4.69) is 28.8 Å². The van der Waals surface area contributed by atoms with E-state index in [1.807, 2.05) is 0 Å². The number of likely N-dealkylation sites (tertiary alicyclic amines) is 1. The molecule has 0 spiro atoms. The summed E-state index contributed by atoms with van der Waals surface area (Å²) >= 11 is 5.49. The van der Waals surface area contributed by atoms with Gasteiger partial charge in [0, 0.05) is 25.3 Å². The van der Waals surface area contributed by atoms with Crippen molar-refractivity contribution in [1.82, 2.24) is 9.62 Å². The normalized spacial score (nSPS) is 22.0. The third kappa shape index (κ3) is 4.89. The summed E-state index contributed by atoms with van der Waals surface area (Å²) in [6, 6.07) is 6.66. The zero-order valence-corrected chi connectivity index (χ0v) is 15.5. The molecule has 0 aliphatic carbocycles. The Bertz CT molecular complexity index is 634. The zero-order chi connectivity index (χ0) is 17.0. The van der Waals surface area contributed by atoms with E-state index in [9.17, 15) is 8.42 Å². The Morgan fingerprint density at radius 1 is 1.22 bits per heavy atom. The van der Waals surface area contributed by atoms with Crippen molar-refractivity contribution in [3.05, 3.63) is 24.3 Å². The van der Waals surface area contributed by atoms with Gasteiger partial charge in [0.1, 0.15) is 0 Å². The minimum Gasteiger partial charge on any atom is -0.348 e. The van der Waals surface area contributed by atoms with E-state index in [0.29, 0.717) is 23.5 Å². The summed E-state index contributed by atoms with van der Waals surface area (Å²) in [6.45, 7) is 8.54. The topological polar surface area (TPSA) is 61.4 Å². The fraction of sp³-hybridized carbons (Fsp3) is 0.562. The number of nitrogens with zero attached hydrogens (tertiary/aromatic N) is 1. The molecule has 0 saturated carbocycles. The lowest BCUT2D eigenvalue weighted by Crippen LogP contribution is -2.44. The van der Waals surface area contributed by atoms with E-state index in [0.717, 1.165) is 18.8 Å². The molecular weight excluding hydrogens is 330 g/mol. The molecule has 0 aromatic heterocycles. The summed E-state index contributed by atoms with van der Waals surface area (Å²) in [7, 11) is -3.41. The smallest absolute Gasteiger partial charge is 0.240 e. The fourth-order valence-electron chi connectivity index (χ4n) is 3.02. The van der Waals surface area contributed by atoms with Crippen LogP contribution in [0.15, 0.2) is 29.2 Å². The highest BCUT2D eigenvalue weighted by atomic mass is 32.2. The van der Waals surface area contributed by atoms with Crippen molar-refractivity contribution >= 4 is 33.0 Å². The van der Waals surface area contributed by atoms with Crippen molar-refractivity contribution in [3.8, 4) is 0 Å². The summed E-state index contributed by atoms with van der Waals surface area (Å²) in [5.41, 5.74) is 0.802. The molecule has 23 heavy (non-hydrogen) atoms. The Morgan fingerprint density at radius 2 is 1.78 bits per heavy atom. The molecule has 0 radical (unpaired) electrons. The molecule has 5 nitrogen and oxygen atoms in total. The van der Waals surface area contributed by atoms with Gasteiger partial charge in [-0.05, 0) is 54.7 Å². The third-order valence-electron chi connectivity index (χ3n) is 3.91. The average Bonchev–Trinajstić information content (AvgIpc) is 2.46. The van der Waals surface area contributed by atoms with Gasteiger partial charge in [0.25, 0.3) is 0 Å². The molecule has 2 rings (SSSR count). The van der Waals surface area contributed by atoms with E-state index in [1.54, 1.807) is 31.2 Å². The first-order chi connectivity index (χ1) is 10.8. The van der Waals surface area contributed by atoms with Gasteiger partial charge >= 0.3 is 0 Å². The summed E-state index contributed by atoms with van der Waals surface area (Å²) < 4.78 is 26.3. The number of hydrogen-bond acceptors (Lipinski definition) is 3. The van der Waals surface area contributed by atoms with E-state index in [-0.39, 0.29) is 4.90 Å². The standard InChI is InChI=1S/C16H25N3O2S2/c1-4-17-23(20,21)15-7-5-14(6-8-15)18-16(22)19-10-12(2)9-13(3)11-19/h5-8,12-13,17H,4,9-11H2,1-3H3,(H,18,22)/t12-,13-/m0/s1. The van der Waals surface area contributed by atoms with Gasteiger partial charge in [-0.2, -0.15) is 0 Å². The Morgan fingerprint density at radius 3 is 2.30 bits per heavy atom. The summed E-state index contributed by atoms with van der Waals surface area (Å²) in [6.07, 6.45) is 1.23. The van der Waals surface area contributed by atoms with Crippen molar-refractivity contribution in [1.29, 1.82) is 0 Å². The molecule has 1 aliphatic rings. The van der Waals surface area contributed by atoms with Crippen LogP contribution in [0.5, 0.6) is 0 Å². The Labute approximate surface area is 144 Å². The summed E-state index contributed by atoms with van der Waals surface area (Å²) in [4.78, 5) is 2.45. The highest BCUT2D eigenvalue weighted by Crippen LogP contribution is 2.22. The molecule has 0 unspecified atom stereocenters. The lowest BCUT2D eigenvalue weighted by molar-refractivity contribution is 0.216. The quantitative estimate of drug-likeness (QED) is 0.813. The SMILES string of the molecule is CCNS(=O)(=O)c1ccc(NC(=S)N2C[C@@H](C)C[C@H](C)C2)cc1. The van der Waals surface area contributed by atoms with E-state index in [4.69, 9.17) is 12.2 Å². The molecule has 1 saturated heterocycles. The second-order valence-electron chi connectivity index (χ2n) is 6.31. The molecule has 1 heterocycles. The molecule has 1 aromatic carbocycles. The van der Waals surface area contributed by atoms with Gasteiger partial charge in [0.2, 0.25) is 10.0 Å². The van der Waals surface area contributed by atoms with Gasteiger partial charge in [-0.15, -0.1) is 0 Å². The predicted molar refractivity (Wildman–Crippen MR) is 98.0 cm³/mol. The van der Waals surface area contributed by atoms with Gasteiger partial charge in [0.05, 0.1) is 4.90 Å². The van der Waals surface area contributed by atoms with Gasteiger partial charge < -0.3 is 10.2 Å². The molecule has 1 aliphatic heterocycles. The highest BCUT2D eigenvalue weighted by molar-refractivity contribution is 7.89. The van der Waals surface area contributed by atoms with Crippen molar-refractivity contribution < 1.29 is 8.42 Å². The number of benzene rings is 1. The van der Waals surface area contributed by atoms with Crippen LogP contribution in [-0.2, 0) is 10.0 Å². The van der Waals surface area contributed by atoms with Gasteiger partial charge in [-0.3, -0.25) is 0 Å². The van der Waals surface area contributed by atoms with Crippen molar-refractivity contribution in [2.75, 3.05) is 25.0 Å². The van der Waals surface area contributed by atoms with Crippen LogP contribution in [0.25, 0.3) is 0 Å². The van der Waals surface area contributed by atoms with Crippen LogP contribution in [0.3, 0.4) is 0 Å². The van der Waals surface area contributed by atoms with Crippen LogP contribution in [0, 0.1) is 11.8 Å². The molecule has 0 amide bonds. The fourth-order valence-corrected chi connectivity index (χ4v) is 4.33. The monoisotopic (exact) mass is 355 g/mol. The molecule has 1 fully saturated rings. The summed E-state index contributed by atoms with van der Waals surface area (Å²) in [5.74, 6) is 1.26. The van der Waals surface area contributed by atoms with Crippen LogP contribution in [0.2, 0.25) is 0 Å². The number of nitrogens with one attached hydrogen (secondary N) is 2. The number of hydrogen-bond donors (Lipinski definition) is 2. The molecule has 1 aromatic rings. The van der Waals surface area contributed by atoms with E-state index >= 15 is 0 Å². The van der Waals surface area contributed by atoms with Gasteiger partial charge in [-0.25, -0.2) is 13.1 Å². The lowest BCUT2D eigenvalue weighted by Gasteiger charge is -2.36. The third-order valence-corrected chi connectivity index (χ3v) is 5.83. The second-order valence-corrected chi connectivity index (χ2v) is 8.46. The Balaban J connectivity index is 2.02. The largest absolute Gasteiger partial charge is 0.348 e. The van der Waals surface area contributed by atoms with Crippen LogP contribution in [-0.4, -0.2) is 38.1 Å². The molecule has 128 valence electrons. The molecule has 0 bridgehead atoms. The number of rotatable bonds is 4. The Hall–Kier alpha value is -1.18. The van der Waals surface area contributed by atoms with Crippen molar-refractivity contribution in [2.24, 2.45) is 11.8 Å². The maximum absolute atomic E-state index is 11.9. The van der Waals surface area contributed by atoms with Crippen LogP contribution < -0.4 is 10.0 Å². The van der Waals surface area contributed by atoms with Crippen molar-refractivity contribution in [3.63, 3.8) is 0 Å². The molecule has 7 heteroatoms. The number of thiocarbonyl (C=S) groups is 1. The first-order valence-electron chi connectivity index (χ1n) is 7.97. The maximum atomic E-state index is 11.9. The minimum absolute atomic E-state index is 0.260. The first-order valence-corrected chi connectivity index (χ1v) is 9.86. The zero-order valence-electron chi connectivity index (χ0n) is 13.9. The maximum Gasteiger partial charge on any atom is 0.240 e. The number of piperidine rings is 1.